The summed E-state index contributed by atoms with van der Waals surface area (Å²) in [6.45, 7) is 0. The van der Waals surface area contributed by atoms with Crippen molar-refractivity contribution < 1.29 is 23.3 Å². The van der Waals surface area contributed by atoms with E-state index in [0.29, 0.717) is 12.1 Å². The third-order valence-corrected chi connectivity index (χ3v) is 4.29. The fraction of sp³-hybridized carbons (Fsp3) is 0. The topological polar surface area (TPSA) is 101 Å². The Hall–Kier alpha value is -3.85. The smallest absolute Gasteiger partial charge is 0.282 e. The second-order valence-electron chi connectivity index (χ2n) is 6.01. The Kier molecular flexibility index (Phi) is 6.03. The number of benzene rings is 3. The molecule has 10 heteroatoms. The van der Waals surface area contributed by atoms with Gasteiger partial charge in [0.25, 0.3) is 17.5 Å². The van der Waals surface area contributed by atoms with E-state index in [2.05, 4.69) is 10.6 Å². The maximum absolute atomic E-state index is 13.4. The van der Waals surface area contributed by atoms with Crippen LogP contribution in [-0.2, 0) is 0 Å². The van der Waals surface area contributed by atoms with Crippen molar-refractivity contribution in [1.29, 1.82) is 0 Å². The molecule has 152 valence electrons. The minimum Gasteiger partial charge on any atom is -0.322 e. The summed E-state index contributed by atoms with van der Waals surface area (Å²) in [5, 5.41) is 15.8. The second kappa shape index (κ2) is 8.66. The Morgan fingerprint density at radius 3 is 2.03 bits per heavy atom. The number of halogens is 3. The molecule has 3 aromatic carbocycles. The lowest BCUT2D eigenvalue weighted by Crippen LogP contribution is -2.15. The molecule has 0 aliphatic carbocycles. The van der Waals surface area contributed by atoms with Gasteiger partial charge in [-0.3, -0.25) is 19.7 Å². The van der Waals surface area contributed by atoms with Crippen LogP contribution < -0.4 is 10.6 Å². The minimum atomic E-state index is -1.23. The van der Waals surface area contributed by atoms with Gasteiger partial charge >= 0.3 is 0 Å². The van der Waals surface area contributed by atoms with Gasteiger partial charge in [-0.15, -0.1) is 0 Å². The van der Waals surface area contributed by atoms with Gasteiger partial charge in [-0.05, 0) is 36.4 Å². The van der Waals surface area contributed by atoms with Crippen LogP contribution in [0.4, 0.5) is 25.8 Å². The molecule has 0 atom stereocenters. The first-order valence-corrected chi connectivity index (χ1v) is 8.75. The second-order valence-corrected chi connectivity index (χ2v) is 6.42. The number of nitrogens with zero attached hydrogens (tertiary/aromatic N) is 1. The van der Waals surface area contributed by atoms with Gasteiger partial charge in [0.15, 0.2) is 11.6 Å². The number of hydrogen-bond donors (Lipinski definition) is 2. The molecule has 0 heterocycles. The van der Waals surface area contributed by atoms with Crippen molar-refractivity contribution in [2.24, 2.45) is 0 Å². The summed E-state index contributed by atoms with van der Waals surface area (Å²) in [7, 11) is 0. The van der Waals surface area contributed by atoms with Crippen molar-refractivity contribution in [2.75, 3.05) is 10.6 Å². The highest BCUT2D eigenvalue weighted by molar-refractivity contribution is 6.34. The summed E-state index contributed by atoms with van der Waals surface area (Å²) in [5.74, 6) is -3.92. The number of rotatable bonds is 5. The number of nitro benzene ring substituents is 1. The van der Waals surface area contributed by atoms with Gasteiger partial charge in [0.05, 0.1) is 15.5 Å². The Morgan fingerprint density at radius 2 is 1.40 bits per heavy atom. The summed E-state index contributed by atoms with van der Waals surface area (Å²) < 4.78 is 26.6. The Balaban J connectivity index is 1.79. The van der Waals surface area contributed by atoms with Crippen LogP contribution in [0.1, 0.15) is 20.7 Å². The quantitative estimate of drug-likeness (QED) is 0.336. The lowest BCUT2D eigenvalue weighted by molar-refractivity contribution is -0.385. The van der Waals surface area contributed by atoms with Crippen LogP contribution in [0.5, 0.6) is 0 Å². The molecule has 0 aromatic heterocycles. The molecule has 0 unspecified atom stereocenters. The molecule has 30 heavy (non-hydrogen) atoms. The first-order chi connectivity index (χ1) is 14.3. The van der Waals surface area contributed by atoms with Crippen LogP contribution in [-0.4, -0.2) is 16.7 Å². The van der Waals surface area contributed by atoms with E-state index in [1.54, 1.807) is 0 Å². The van der Waals surface area contributed by atoms with E-state index in [1.807, 2.05) is 0 Å². The molecule has 3 aromatic rings. The molecular formula is C20H12ClF2N3O4. The average molecular weight is 432 g/mol. The number of anilines is 2. The molecular weight excluding hydrogens is 420 g/mol. The van der Waals surface area contributed by atoms with E-state index in [4.69, 9.17) is 11.6 Å². The number of amides is 2. The molecule has 2 amide bonds. The van der Waals surface area contributed by atoms with Crippen LogP contribution in [0.2, 0.25) is 5.02 Å². The number of carbonyl (C=O) groups excluding carboxylic acids is 2. The van der Waals surface area contributed by atoms with E-state index >= 15 is 0 Å². The Morgan fingerprint density at radius 1 is 0.833 bits per heavy atom. The molecule has 0 bridgehead atoms. The predicted molar refractivity (Wildman–Crippen MR) is 107 cm³/mol. The summed E-state index contributed by atoms with van der Waals surface area (Å²) in [5.41, 5.74) is -0.295. The lowest BCUT2D eigenvalue weighted by atomic mass is 10.1. The van der Waals surface area contributed by atoms with Crippen LogP contribution in [0, 0.1) is 21.7 Å². The van der Waals surface area contributed by atoms with Crippen molar-refractivity contribution in [3.8, 4) is 0 Å². The molecule has 0 aliphatic rings. The molecule has 0 spiro atoms. The molecule has 3 rings (SSSR count). The van der Waals surface area contributed by atoms with Crippen LogP contribution in [0.3, 0.4) is 0 Å². The Labute approximate surface area is 173 Å². The molecule has 0 saturated carbocycles. The van der Waals surface area contributed by atoms with Crippen LogP contribution >= 0.6 is 11.6 Å². The summed E-state index contributed by atoms with van der Waals surface area (Å²) >= 11 is 5.79. The van der Waals surface area contributed by atoms with Crippen molar-refractivity contribution in [1.82, 2.24) is 0 Å². The summed E-state index contributed by atoms with van der Waals surface area (Å²) in [6, 6.07) is 12.7. The van der Waals surface area contributed by atoms with Gasteiger partial charge in [0.1, 0.15) is 5.56 Å². The standard InChI is InChI=1S/C20H12ClF2N3O4/c21-15-10-17(23)16(22)9-14(15)20(28)25-12-5-3-4-11(8-12)24-19(27)13-6-1-2-7-18(13)26(29)30/h1-10H,(H,24,27)(H,25,28). The first-order valence-electron chi connectivity index (χ1n) is 8.37. The highest BCUT2D eigenvalue weighted by atomic mass is 35.5. The SMILES string of the molecule is O=C(Nc1cccc(NC(=O)c2ccccc2[N+](=O)[O-])c1)c1cc(F)c(F)cc1Cl. The van der Waals surface area contributed by atoms with E-state index < -0.39 is 28.4 Å². The third kappa shape index (κ3) is 4.58. The van der Waals surface area contributed by atoms with Gasteiger partial charge in [0, 0.05) is 17.4 Å². The van der Waals surface area contributed by atoms with Crippen molar-refractivity contribution in [3.63, 3.8) is 0 Å². The number of hydrogen-bond acceptors (Lipinski definition) is 4. The monoisotopic (exact) mass is 431 g/mol. The highest BCUT2D eigenvalue weighted by Crippen LogP contribution is 2.23. The summed E-state index contributed by atoms with van der Waals surface area (Å²) in [4.78, 5) is 35.1. The number of para-hydroxylation sites is 1. The fourth-order valence-corrected chi connectivity index (χ4v) is 2.83. The van der Waals surface area contributed by atoms with Gasteiger partial charge < -0.3 is 10.6 Å². The lowest BCUT2D eigenvalue weighted by Gasteiger charge is -2.10. The maximum atomic E-state index is 13.4. The molecule has 7 nitrogen and oxygen atoms in total. The average Bonchev–Trinajstić information content (AvgIpc) is 2.70. The van der Waals surface area contributed by atoms with Crippen molar-refractivity contribution in [2.45, 2.75) is 0 Å². The number of nitrogens with one attached hydrogen (secondary N) is 2. The zero-order chi connectivity index (χ0) is 21.8. The molecule has 0 radical (unpaired) electrons. The van der Waals surface area contributed by atoms with Crippen molar-refractivity contribution in [3.05, 3.63) is 98.6 Å². The molecule has 2 N–H and O–H groups in total. The van der Waals surface area contributed by atoms with Crippen LogP contribution in [0.15, 0.2) is 60.7 Å². The first kappa shape index (κ1) is 20.9. The Bertz CT molecular complexity index is 1170. The number of nitro groups is 1. The van der Waals surface area contributed by atoms with Gasteiger partial charge in [-0.25, -0.2) is 8.78 Å². The van der Waals surface area contributed by atoms with Gasteiger partial charge in [-0.2, -0.15) is 0 Å². The third-order valence-electron chi connectivity index (χ3n) is 3.98. The van der Waals surface area contributed by atoms with E-state index in [0.717, 1.165) is 0 Å². The zero-order valence-corrected chi connectivity index (χ0v) is 15.7. The normalized spacial score (nSPS) is 10.4. The van der Waals surface area contributed by atoms with E-state index in [9.17, 15) is 28.5 Å². The van der Waals surface area contributed by atoms with Crippen LogP contribution in [0.25, 0.3) is 0 Å². The largest absolute Gasteiger partial charge is 0.322 e. The number of carbonyl (C=O) groups is 2. The molecule has 0 fully saturated rings. The van der Waals surface area contributed by atoms with E-state index in [-0.39, 0.29) is 33.2 Å². The van der Waals surface area contributed by atoms with Gasteiger partial charge in [-0.1, -0.05) is 29.8 Å². The fourth-order valence-electron chi connectivity index (χ4n) is 2.59. The van der Waals surface area contributed by atoms with Gasteiger partial charge in [0.2, 0.25) is 0 Å². The predicted octanol–water partition coefficient (Wildman–Crippen LogP) is 5.03. The van der Waals surface area contributed by atoms with Crippen molar-refractivity contribution >= 4 is 40.5 Å². The summed E-state index contributed by atoms with van der Waals surface area (Å²) in [6.07, 6.45) is 0. The maximum Gasteiger partial charge on any atom is 0.282 e. The minimum absolute atomic E-state index is 0.134. The molecule has 0 aliphatic heterocycles. The zero-order valence-electron chi connectivity index (χ0n) is 15.0. The highest BCUT2D eigenvalue weighted by Gasteiger charge is 2.19. The molecule has 0 saturated heterocycles. The van der Waals surface area contributed by atoms with E-state index in [1.165, 1.54) is 48.5 Å².